The molecule has 0 atom stereocenters. The van der Waals surface area contributed by atoms with Gasteiger partial charge in [-0.25, -0.2) is 0 Å². The molecule has 20 heavy (non-hydrogen) atoms. The average Bonchev–Trinajstić information content (AvgIpc) is 2.98. The van der Waals surface area contributed by atoms with E-state index in [9.17, 15) is 0 Å². The average molecular weight is 265 g/mol. The lowest BCUT2D eigenvalue weighted by atomic mass is 9.80. The van der Waals surface area contributed by atoms with Crippen molar-refractivity contribution in [2.45, 2.75) is 0 Å². The van der Waals surface area contributed by atoms with Crippen LogP contribution in [-0.4, -0.2) is 22.3 Å². The third-order valence-corrected chi connectivity index (χ3v) is 3.07. The first-order valence-electron chi connectivity index (χ1n) is 6.22. The second-order valence-electron chi connectivity index (χ2n) is 4.44. The second kappa shape index (κ2) is 5.32. The number of hydrogen-bond acceptors (Lipinski definition) is 4. The van der Waals surface area contributed by atoms with Crippen molar-refractivity contribution < 1.29 is 14.6 Å². The molecule has 2 N–H and O–H groups in total. The molecular weight excluding hydrogens is 253 g/mol. The highest BCUT2D eigenvalue weighted by Gasteiger charge is 2.12. The summed E-state index contributed by atoms with van der Waals surface area (Å²) in [5.74, 6) is 0.642. The summed E-state index contributed by atoms with van der Waals surface area (Å²) in [4.78, 5) is 0. The zero-order valence-electron chi connectivity index (χ0n) is 10.6. The van der Waals surface area contributed by atoms with Gasteiger partial charge in [0.1, 0.15) is 5.69 Å². The number of nitrogens with zero attached hydrogens (tertiary/aromatic N) is 1. The standard InChI is InChI=1S/C15H12BNO3/c18-16(19)13-8-6-12(7-9-13)15-10-14(17-20-15)11-4-2-1-3-5-11/h1-10,18-19H. The number of benzene rings is 2. The Labute approximate surface area is 116 Å². The third-order valence-electron chi connectivity index (χ3n) is 3.07. The Bertz CT molecular complexity index is 693. The van der Waals surface area contributed by atoms with Crippen molar-refractivity contribution in [3.8, 4) is 22.6 Å². The number of aromatic nitrogens is 1. The Balaban J connectivity index is 1.90. The molecule has 4 nitrogen and oxygen atoms in total. The highest BCUT2D eigenvalue weighted by Crippen LogP contribution is 2.25. The van der Waals surface area contributed by atoms with Gasteiger partial charge in [-0.15, -0.1) is 0 Å². The van der Waals surface area contributed by atoms with Crippen molar-refractivity contribution in [3.05, 3.63) is 60.7 Å². The molecule has 98 valence electrons. The molecule has 0 saturated heterocycles. The third kappa shape index (κ3) is 2.50. The summed E-state index contributed by atoms with van der Waals surface area (Å²) in [6, 6.07) is 18.5. The van der Waals surface area contributed by atoms with Gasteiger partial charge in [0.15, 0.2) is 5.76 Å². The van der Waals surface area contributed by atoms with Crippen LogP contribution in [0.5, 0.6) is 0 Å². The predicted octanol–water partition coefficient (Wildman–Crippen LogP) is 1.69. The molecule has 1 aromatic heterocycles. The van der Waals surface area contributed by atoms with Gasteiger partial charge in [0, 0.05) is 17.2 Å². The molecule has 0 aliphatic rings. The fourth-order valence-corrected chi connectivity index (χ4v) is 1.98. The Morgan fingerprint density at radius 2 is 1.55 bits per heavy atom. The van der Waals surface area contributed by atoms with Crippen LogP contribution >= 0.6 is 0 Å². The van der Waals surface area contributed by atoms with Crippen LogP contribution in [-0.2, 0) is 0 Å². The van der Waals surface area contributed by atoms with Gasteiger partial charge in [0.25, 0.3) is 0 Å². The van der Waals surface area contributed by atoms with E-state index in [0.717, 1.165) is 16.8 Å². The fraction of sp³-hybridized carbons (Fsp3) is 0. The van der Waals surface area contributed by atoms with Crippen molar-refractivity contribution in [2.24, 2.45) is 0 Å². The van der Waals surface area contributed by atoms with E-state index in [1.54, 1.807) is 24.3 Å². The molecule has 2 aromatic carbocycles. The monoisotopic (exact) mass is 265 g/mol. The van der Waals surface area contributed by atoms with Crippen molar-refractivity contribution in [3.63, 3.8) is 0 Å². The van der Waals surface area contributed by atoms with Crippen LogP contribution in [0.25, 0.3) is 22.6 Å². The van der Waals surface area contributed by atoms with Gasteiger partial charge in [-0.1, -0.05) is 59.8 Å². The highest BCUT2D eigenvalue weighted by atomic mass is 16.5. The summed E-state index contributed by atoms with van der Waals surface area (Å²) in [6.45, 7) is 0. The van der Waals surface area contributed by atoms with Gasteiger partial charge in [0.05, 0.1) is 0 Å². The van der Waals surface area contributed by atoms with Gasteiger partial charge in [0.2, 0.25) is 0 Å². The molecule has 3 aromatic rings. The molecule has 0 amide bonds. The van der Waals surface area contributed by atoms with Crippen LogP contribution in [0.2, 0.25) is 0 Å². The van der Waals surface area contributed by atoms with Gasteiger partial charge < -0.3 is 14.6 Å². The first kappa shape index (κ1) is 12.7. The van der Waals surface area contributed by atoms with Crippen LogP contribution < -0.4 is 5.46 Å². The molecule has 0 saturated carbocycles. The minimum atomic E-state index is -1.46. The maximum atomic E-state index is 9.06. The molecule has 0 spiro atoms. The van der Waals surface area contributed by atoms with E-state index in [1.165, 1.54) is 0 Å². The lowest BCUT2D eigenvalue weighted by Gasteiger charge is -1.99. The summed E-state index contributed by atoms with van der Waals surface area (Å²) < 4.78 is 5.33. The van der Waals surface area contributed by atoms with Gasteiger partial charge in [-0.2, -0.15) is 0 Å². The normalized spacial score (nSPS) is 10.5. The zero-order chi connectivity index (χ0) is 13.9. The van der Waals surface area contributed by atoms with Crippen molar-refractivity contribution in [2.75, 3.05) is 0 Å². The van der Waals surface area contributed by atoms with E-state index in [-0.39, 0.29) is 0 Å². The van der Waals surface area contributed by atoms with E-state index < -0.39 is 7.12 Å². The van der Waals surface area contributed by atoms with E-state index in [1.807, 2.05) is 36.4 Å². The summed E-state index contributed by atoms with van der Waals surface area (Å²) in [5, 5.41) is 22.2. The van der Waals surface area contributed by atoms with Gasteiger partial charge in [-0.05, 0) is 5.46 Å². The SMILES string of the molecule is OB(O)c1ccc(-c2cc(-c3ccccc3)no2)cc1. The van der Waals surface area contributed by atoms with Gasteiger partial charge >= 0.3 is 7.12 Å². The topological polar surface area (TPSA) is 66.5 Å². The smallest absolute Gasteiger partial charge is 0.423 e. The molecule has 0 bridgehead atoms. The maximum Gasteiger partial charge on any atom is 0.488 e. The Morgan fingerprint density at radius 3 is 2.20 bits per heavy atom. The Morgan fingerprint density at radius 1 is 0.850 bits per heavy atom. The minimum Gasteiger partial charge on any atom is -0.423 e. The first-order chi connectivity index (χ1) is 9.74. The zero-order valence-corrected chi connectivity index (χ0v) is 10.6. The molecule has 0 unspecified atom stereocenters. The Hall–Kier alpha value is -2.37. The van der Waals surface area contributed by atoms with E-state index >= 15 is 0 Å². The van der Waals surface area contributed by atoms with Gasteiger partial charge in [-0.3, -0.25) is 0 Å². The summed E-state index contributed by atoms with van der Waals surface area (Å²) in [6.07, 6.45) is 0. The molecule has 0 fully saturated rings. The summed E-state index contributed by atoms with van der Waals surface area (Å²) in [7, 11) is -1.46. The molecule has 0 radical (unpaired) electrons. The number of hydrogen-bond donors (Lipinski definition) is 2. The second-order valence-corrected chi connectivity index (χ2v) is 4.44. The predicted molar refractivity (Wildman–Crippen MR) is 77.2 cm³/mol. The largest absolute Gasteiger partial charge is 0.488 e. The Kier molecular flexibility index (Phi) is 3.37. The molecule has 0 aliphatic carbocycles. The first-order valence-corrected chi connectivity index (χ1v) is 6.22. The quantitative estimate of drug-likeness (QED) is 0.707. The lowest BCUT2D eigenvalue weighted by molar-refractivity contribution is 0.425. The van der Waals surface area contributed by atoms with E-state index in [0.29, 0.717) is 11.2 Å². The summed E-state index contributed by atoms with van der Waals surface area (Å²) in [5.41, 5.74) is 3.04. The van der Waals surface area contributed by atoms with Crippen molar-refractivity contribution >= 4 is 12.6 Å². The molecule has 5 heteroatoms. The summed E-state index contributed by atoms with van der Waals surface area (Å²) >= 11 is 0. The van der Waals surface area contributed by atoms with E-state index in [2.05, 4.69) is 5.16 Å². The van der Waals surface area contributed by atoms with Crippen molar-refractivity contribution in [1.29, 1.82) is 0 Å². The van der Waals surface area contributed by atoms with Crippen LogP contribution in [0.15, 0.2) is 65.2 Å². The molecule has 3 rings (SSSR count). The van der Waals surface area contributed by atoms with Crippen molar-refractivity contribution in [1.82, 2.24) is 5.16 Å². The van der Waals surface area contributed by atoms with Crippen LogP contribution in [0.3, 0.4) is 0 Å². The fourth-order valence-electron chi connectivity index (χ4n) is 1.98. The highest BCUT2D eigenvalue weighted by molar-refractivity contribution is 6.58. The molecule has 0 aliphatic heterocycles. The lowest BCUT2D eigenvalue weighted by Crippen LogP contribution is -2.29. The van der Waals surface area contributed by atoms with Crippen LogP contribution in [0.4, 0.5) is 0 Å². The number of rotatable bonds is 3. The van der Waals surface area contributed by atoms with Crippen LogP contribution in [0, 0.1) is 0 Å². The van der Waals surface area contributed by atoms with E-state index in [4.69, 9.17) is 14.6 Å². The molecule has 1 heterocycles. The van der Waals surface area contributed by atoms with Crippen LogP contribution in [0.1, 0.15) is 0 Å². The minimum absolute atomic E-state index is 0.441. The molecular formula is C15H12BNO3. The maximum absolute atomic E-state index is 9.06.